The molecule has 0 saturated carbocycles. The molecule has 1 heterocycles. The molecule has 174 valence electrons. The van der Waals surface area contributed by atoms with Crippen molar-refractivity contribution < 1.29 is 14.3 Å². The molecule has 0 fully saturated rings. The van der Waals surface area contributed by atoms with Gasteiger partial charge in [0, 0.05) is 0 Å². The predicted octanol–water partition coefficient (Wildman–Crippen LogP) is 6.07. The minimum absolute atomic E-state index is 0.267. The first-order chi connectivity index (χ1) is 16.5. The molecule has 1 atom stereocenters. The number of nitrogens with one attached hydrogen (secondary N) is 2. The summed E-state index contributed by atoms with van der Waals surface area (Å²) < 4.78 is 11.3. The Balaban J connectivity index is 1.61. The lowest BCUT2D eigenvalue weighted by Gasteiger charge is -2.31. The van der Waals surface area contributed by atoms with E-state index in [4.69, 9.17) is 44.9 Å². The van der Waals surface area contributed by atoms with Crippen molar-refractivity contribution in [1.82, 2.24) is 10.6 Å². The minimum atomic E-state index is -0.480. The fourth-order valence-corrected chi connectivity index (χ4v) is 4.17. The first-order valence-corrected chi connectivity index (χ1v) is 11.8. The van der Waals surface area contributed by atoms with Gasteiger partial charge in [0.25, 0.3) is 0 Å². The number of esters is 1. The summed E-state index contributed by atoms with van der Waals surface area (Å²) in [5.74, 6) is 0.269. The van der Waals surface area contributed by atoms with Gasteiger partial charge >= 0.3 is 5.97 Å². The highest BCUT2D eigenvalue weighted by Crippen LogP contribution is 2.33. The van der Waals surface area contributed by atoms with Gasteiger partial charge in [-0.15, -0.1) is 0 Å². The molecule has 3 aromatic rings. The van der Waals surface area contributed by atoms with Gasteiger partial charge in [-0.3, -0.25) is 0 Å². The Bertz CT molecular complexity index is 1230. The molecule has 8 heteroatoms. The van der Waals surface area contributed by atoms with Crippen LogP contribution in [0.3, 0.4) is 0 Å². The molecule has 0 aromatic heterocycles. The van der Waals surface area contributed by atoms with Crippen LogP contribution >= 0.6 is 35.4 Å². The van der Waals surface area contributed by atoms with Gasteiger partial charge in [0.1, 0.15) is 12.4 Å². The zero-order valence-electron chi connectivity index (χ0n) is 18.3. The number of benzene rings is 3. The van der Waals surface area contributed by atoms with Gasteiger partial charge in [-0.2, -0.15) is 0 Å². The summed E-state index contributed by atoms with van der Waals surface area (Å²) in [4.78, 5) is 13.0. The largest absolute Gasteiger partial charge is 0.489 e. The molecule has 0 bridgehead atoms. The summed E-state index contributed by atoms with van der Waals surface area (Å²) in [6.45, 7) is 2.39. The summed E-state index contributed by atoms with van der Waals surface area (Å²) in [5, 5.41) is 7.75. The van der Waals surface area contributed by atoms with Gasteiger partial charge in [-0.25, -0.2) is 4.79 Å². The lowest BCUT2D eigenvalue weighted by atomic mass is 9.93. The van der Waals surface area contributed by atoms with Crippen molar-refractivity contribution in [3.63, 3.8) is 0 Å². The van der Waals surface area contributed by atoms with Crippen LogP contribution in [-0.2, 0) is 16.1 Å². The monoisotopic (exact) mass is 512 g/mol. The van der Waals surface area contributed by atoms with Crippen molar-refractivity contribution in [3.05, 3.63) is 105 Å². The third-order valence-corrected chi connectivity index (χ3v) is 6.19. The van der Waals surface area contributed by atoms with Crippen LogP contribution in [0, 0.1) is 0 Å². The second kappa shape index (κ2) is 10.9. The second-order valence-corrected chi connectivity index (χ2v) is 8.74. The maximum atomic E-state index is 13.0. The fourth-order valence-electron chi connectivity index (χ4n) is 3.63. The number of hydrogen-bond acceptors (Lipinski definition) is 4. The molecule has 0 amide bonds. The van der Waals surface area contributed by atoms with Crippen LogP contribution in [0.2, 0.25) is 10.0 Å². The van der Waals surface area contributed by atoms with E-state index < -0.39 is 12.0 Å². The second-order valence-electron chi connectivity index (χ2n) is 7.51. The van der Waals surface area contributed by atoms with Gasteiger partial charge in [0.05, 0.1) is 34.0 Å². The lowest BCUT2D eigenvalue weighted by Crippen LogP contribution is -2.45. The number of rotatable bonds is 7. The SMILES string of the molecule is CCOC(=O)C1=C(c2ccccc2)NC(=S)N[C@@H]1c1ccc(OCc2ccc(Cl)c(Cl)c2)cc1. The fraction of sp³-hybridized carbons (Fsp3) is 0.154. The van der Waals surface area contributed by atoms with E-state index in [-0.39, 0.29) is 6.61 Å². The summed E-state index contributed by atoms with van der Waals surface area (Å²) in [5.41, 5.74) is 3.70. The summed E-state index contributed by atoms with van der Waals surface area (Å²) in [6, 6.07) is 22.0. The van der Waals surface area contributed by atoms with Gasteiger partial charge in [-0.05, 0) is 60.1 Å². The maximum Gasteiger partial charge on any atom is 0.338 e. The van der Waals surface area contributed by atoms with Crippen molar-refractivity contribution in [2.75, 3.05) is 6.61 Å². The standard InChI is InChI=1S/C26H22Cl2N2O3S/c1-2-32-25(31)22-23(17-6-4-3-5-7-17)29-26(34)30-24(22)18-9-11-19(12-10-18)33-15-16-8-13-20(27)21(28)14-16/h3-14,24H,2,15H2,1H3,(H2,29,30,34)/t24-/m1/s1. The molecular formula is C26H22Cl2N2O3S. The van der Waals surface area contributed by atoms with E-state index in [2.05, 4.69) is 10.6 Å². The number of ether oxygens (including phenoxy) is 2. The average molecular weight is 513 g/mol. The molecule has 4 rings (SSSR count). The first kappa shape index (κ1) is 24.1. The van der Waals surface area contributed by atoms with E-state index in [0.717, 1.165) is 16.7 Å². The molecule has 1 aliphatic rings. The molecule has 0 radical (unpaired) electrons. The van der Waals surface area contributed by atoms with E-state index in [0.29, 0.717) is 38.8 Å². The van der Waals surface area contributed by atoms with Crippen LogP contribution in [-0.4, -0.2) is 17.7 Å². The molecule has 0 aliphatic carbocycles. The molecule has 2 N–H and O–H groups in total. The zero-order valence-corrected chi connectivity index (χ0v) is 20.6. The third kappa shape index (κ3) is 5.53. The Morgan fingerprint density at radius 3 is 2.41 bits per heavy atom. The molecule has 34 heavy (non-hydrogen) atoms. The number of carbonyl (C=O) groups is 1. The quantitative estimate of drug-likeness (QED) is 0.296. The van der Waals surface area contributed by atoms with Crippen LogP contribution < -0.4 is 15.4 Å². The first-order valence-electron chi connectivity index (χ1n) is 10.7. The van der Waals surface area contributed by atoms with E-state index in [1.54, 1.807) is 19.1 Å². The molecule has 1 aliphatic heterocycles. The molecule has 3 aromatic carbocycles. The third-order valence-electron chi connectivity index (χ3n) is 5.23. The Morgan fingerprint density at radius 2 is 1.74 bits per heavy atom. The summed E-state index contributed by atoms with van der Waals surface area (Å²) >= 11 is 17.5. The van der Waals surface area contributed by atoms with Crippen LogP contribution in [0.15, 0.2) is 78.4 Å². The molecule has 0 unspecified atom stereocenters. The predicted molar refractivity (Wildman–Crippen MR) is 139 cm³/mol. The van der Waals surface area contributed by atoms with E-state index in [9.17, 15) is 4.79 Å². The van der Waals surface area contributed by atoms with Crippen molar-refractivity contribution in [3.8, 4) is 5.75 Å². The van der Waals surface area contributed by atoms with Gasteiger partial charge in [-0.1, -0.05) is 71.7 Å². The number of halogens is 2. The molecular weight excluding hydrogens is 491 g/mol. The normalized spacial score (nSPS) is 15.4. The van der Waals surface area contributed by atoms with E-state index in [1.807, 2.05) is 60.7 Å². The highest BCUT2D eigenvalue weighted by atomic mass is 35.5. The lowest BCUT2D eigenvalue weighted by molar-refractivity contribution is -0.138. The molecule has 0 saturated heterocycles. The van der Waals surface area contributed by atoms with Crippen molar-refractivity contribution >= 4 is 52.2 Å². The number of hydrogen-bond donors (Lipinski definition) is 2. The van der Waals surface area contributed by atoms with Crippen molar-refractivity contribution in [2.24, 2.45) is 0 Å². The Kier molecular flexibility index (Phi) is 7.73. The summed E-state index contributed by atoms with van der Waals surface area (Å²) in [7, 11) is 0. The maximum absolute atomic E-state index is 13.0. The van der Waals surface area contributed by atoms with Crippen molar-refractivity contribution in [1.29, 1.82) is 0 Å². The number of carbonyl (C=O) groups excluding carboxylic acids is 1. The van der Waals surface area contributed by atoms with Crippen molar-refractivity contribution in [2.45, 2.75) is 19.6 Å². The van der Waals surface area contributed by atoms with Crippen LogP contribution in [0.25, 0.3) is 5.70 Å². The average Bonchev–Trinajstić information content (AvgIpc) is 2.85. The minimum Gasteiger partial charge on any atom is -0.489 e. The number of thiocarbonyl (C=S) groups is 1. The smallest absolute Gasteiger partial charge is 0.338 e. The van der Waals surface area contributed by atoms with Crippen LogP contribution in [0.1, 0.15) is 29.7 Å². The molecule has 5 nitrogen and oxygen atoms in total. The Hall–Kier alpha value is -3.06. The van der Waals surface area contributed by atoms with E-state index in [1.165, 1.54) is 0 Å². The van der Waals surface area contributed by atoms with Crippen LogP contribution in [0.5, 0.6) is 5.75 Å². The Morgan fingerprint density at radius 1 is 1.00 bits per heavy atom. The topological polar surface area (TPSA) is 59.6 Å². The Labute approximate surface area is 213 Å². The summed E-state index contributed by atoms with van der Waals surface area (Å²) in [6.07, 6.45) is 0. The van der Waals surface area contributed by atoms with Gasteiger partial charge < -0.3 is 20.1 Å². The zero-order chi connectivity index (χ0) is 24.1. The highest BCUT2D eigenvalue weighted by molar-refractivity contribution is 7.80. The van der Waals surface area contributed by atoms with Crippen LogP contribution in [0.4, 0.5) is 0 Å². The van der Waals surface area contributed by atoms with Gasteiger partial charge in [0.2, 0.25) is 0 Å². The van der Waals surface area contributed by atoms with Gasteiger partial charge in [0.15, 0.2) is 5.11 Å². The molecule has 0 spiro atoms. The van der Waals surface area contributed by atoms with E-state index >= 15 is 0 Å². The highest BCUT2D eigenvalue weighted by Gasteiger charge is 2.33.